The minimum Gasteiger partial charge on any atom is -0.491 e. The predicted octanol–water partition coefficient (Wildman–Crippen LogP) is 2.31. The van der Waals surface area contributed by atoms with Crippen molar-refractivity contribution in [1.29, 1.82) is 0 Å². The van der Waals surface area contributed by atoms with Crippen molar-refractivity contribution in [3.8, 4) is 5.75 Å². The fraction of sp³-hybridized carbons (Fsp3) is 0.562. The quantitative estimate of drug-likeness (QED) is 0.809. The second kappa shape index (κ2) is 8.00. The fourth-order valence-electron chi connectivity index (χ4n) is 2.18. The van der Waals surface area contributed by atoms with E-state index in [2.05, 4.69) is 5.32 Å². The molecule has 2 unspecified atom stereocenters. The van der Waals surface area contributed by atoms with Crippen LogP contribution in [-0.2, 0) is 9.53 Å². The van der Waals surface area contributed by atoms with Crippen molar-refractivity contribution in [3.05, 3.63) is 24.3 Å². The summed E-state index contributed by atoms with van der Waals surface area (Å²) in [7, 11) is 0. The van der Waals surface area contributed by atoms with E-state index in [1.807, 2.05) is 31.2 Å². The van der Waals surface area contributed by atoms with E-state index in [9.17, 15) is 4.79 Å². The topological polar surface area (TPSA) is 73.6 Å². The average molecular weight is 292 g/mol. The first-order valence-corrected chi connectivity index (χ1v) is 7.53. The van der Waals surface area contributed by atoms with E-state index in [0.29, 0.717) is 19.4 Å². The Labute approximate surface area is 125 Å². The number of ether oxygens (including phenoxy) is 2. The second-order valence-electron chi connectivity index (χ2n) is 5.53. The second-order valence-corrected chi connectivity index (χ2v) is 5.53. The Morgan fingerprint density at radius 1 is 1.48 bits per heavy atom. The Bertz CT molecular complexity index is 439. The van der Waals surface area contributed by atoms with Gasteiger partial charge >= 0.3 is 0 Å². The summed E-state index contributed by atoms with van der Waals surface area (Å²) in [4.78, 5) is 11.7. The normalized spacial score (nSPS) is 19.2. The molecule has 0 aromatic heterocycles. The molecule has 0 bridgehead atoms. The molecule has 1 amide bonds. The Morgan fingerprint density at radius 2 is 2.24 bits per heavy atom. The van der Waals surface area contributed by atoms with Gasteiger partial charge in [-0.05, 0) is 50.5 Å². The van der Waals surface area contributed by atoms with Crippen LogP contribution in [0.1, 0.15) is 32.6 Å². The van der Waals surface area contributed by atoms with Crippen molar-refractivity contribution in [2.45, 2.75) is 44.8 Å². The number of carbonyl (C=O) groups is 1. The highest BCUT2D eigenvalue weighted by Gasteiger charge is 2.15. The van der Waals surface area contributed by atoms with Crippen molar-refractivity contribution in [1.82, 2.24) is 0 Å². The first kappa shape index (κ1) is 15.8. The van der Waals surface area contributed by atoms with E-state index in [1.54, 1.807) is 0 Å². The summed E-state index contributed by atoms with van der Waals surface area (Å²) < 4.78 is 11.2. The highest BCUT2D eigenvalue weighted by atomic mass is 16.5. The molecule has 1 heterocycles. The number of nitrogens with two attached hydrogens (primary N) is 1. The maximum Gasteiger partial charge on any atom is 0.224 e. The van der Waals surface area contributed by atoms with Gasteiger partial charge in [0, 0.05) is 24.8 Å². The number of benzene rings is 1. The fourth-order valence-corrected chi connectivity index (χ4v) is 2.18. The monoisotopic (exact) mass is 292 g/mol. The van der Waals surface area contributed by atoms with E-state index >= 15 is 0 Å². The average Bonchev–Trinajstić information content (AvgIpc) is 2.98. The lowest BCUT2D eigenvalue weighted by molar-refractivity contribution is -0.116. The molecule has 2 atom stereocenters. The van der Waals surface area contributed by atoms with Crippen LogP contribution < -0.4 is 15.8 Å². The first-order chi connectivity index (χ1) is 10.1. The number of amides is 1. The molecule has 0 radical (unpaired) electrons. The van der Waals surface area contributed by atoms with Crippen LogP contribution in [-0.4, -0.2) is 31.3 Å². The van der Waals surface area contributed by atoms with Gasteiger partial charge in [0.05, 0.1) is 6.10 Å². The Balaban J connectivity index is 1.74. The van der Waals surface area contributed by atoms with Crippen LogP contribution in [0.15, 0.2) is 24.3 Å². The van der Waals surface area contributed by atoms with Gasteiger partial charge in [0.2, 0.25) is 5.91 Å². The smallest absolute Gasteiger partial charge is 0.224 e. The summed E-state index contributed by atoms with van der Waals surface area (Å²) in [5.41, 5.74) is 6.40. The Hall–Kier alpha value is -1.59. The minimum atomic E-state index is -0.0136. The lowest BCUT2D eigenvalue weighted by atomic mass is 10.2. The molecular weight excluding hydrogens is 268 g/mol. The summed E-state index contributed by atoms with van der Waals surface area (Å²) in [5.74, 6) is 0.777. The molecule has 116 valence electrons. The van der Waals surface area contributed by atoms with Crippen molar-refractivity contribution >= 4 is 11.6 Å². The van der Waals surface area contributed by atoms with Crippen LogP contribution in [0.25, 0.3) is 0 Å². The van der Waals surface area contributed by atoms with Gasteiger partial charge in [-0.1, -0.05) is 0 Å². The number of hydrogen-bond donors (Lipinski definition) is 2. The van der Waals surface area contributed by atoms with Gasteiger partial charge in [-0.15, -0.1) is 0 Å². The molecule has 21 heavy (non-hydrogen) atoms. The van der Waals surface area contributed by atoms with E-state index in [4.69, 9.17) is 15.2 Å². The SMILES string of the molecule is CC(N)CCC(=O)Nc1ccc(OCC2CCCO2)cc1. The van der Waals surface area contributed by atoms with Gasteiger partial charge in [-0.25, -0.2) is 0 Å². The highest BCUT2D eigenvalue weighted by Crippen LogP contribution is 2.18. The largest absolute Gasteiger partial charge is 0.491 e. The standard InChI is InChI=1S/C16H24N2O3/c1-12(17)4-9-16(19)18-13-5-7-14(8-6-13)21-11-15-3-2-10-20-15/h5-8,12,15H,2-4,9-11,17H2,1H3,(H,18,19). The molecule has 2 rings (SSSR count). The van der Waals surface area contributed by atoms with Gasteiger partial charge in [0.15, 0.2) is 0 Å². The van der Waals surface area contributed by atoms with Crippen LogP contribution in [0.4, 0.5) is 5.69 Å². The molecule has 1 aromatic rings. The molecule has 3 N–H and O–H groups in total. The van der Waals surface area contributed by atoms with Gasteiger partial charge in [-0.3, -0.25) is 4.79 Å². The molecule has 1 saturated heterocycles. The minimum absolute atomic E-state index is 0.0136. The molecule has 1 aromatic carbocycles. The van der Waals surface area contributed by atoms with Gasteiger partial charge in [-0.2, -0.15) is 0 Å². The van der Waals surface area contributed by atoms with E-state index in [1.165, 1.54) is 0 Å². The number of anilines is 1. The van der Waals surface area contributed by atoms with Crippen LogP contribution in [0.3, 0.4) is 0 Å². The summed E-state index contributed by atoms with van der Waals surface area (Å²) in [6, 6.07) is 7.44. The molecule has 0 aliphatic carbocycles. The molecule has 0 spiro atoms. The third kappa shape index (κ3) is 5.73. The highest BCUT2D eigenvalue weighted by molar-refractivity contribution is 5.90. The number of nitrogens with one attached hydrogen (secondary N) is 1. The zero-order valence-electron chi connectivity index (χ0n) is 12.5. The number of carbonyl (C=O) groups excluding carboxylic acids is 1. The van der Waals surface area contributed by atoms with Crippen molar-refractivity contribution < 1.29 is 14.3 Å². The van der Waals surface area contributed by atoms with Crippen LogP contribution >= 0.6 is 0 Å². The van der Waals surface area contributed by atoms with Gasteiger partial charge < -0.3 is 20.5 Å². The summed E-state index contributed by atoms with van der Waals surface area (Å²) in [6.07, 6.45) is 3.51. The zero-order valence-corrected chi connectivity index (χ0v) is 12.5. The molecule has 5 nitrogen and oxygen atoms in total. The maximum atomic E-state index is 11.7. The third-order valence-electron chi connectivity index (χ3n) is 3.42. The van der Waals surface area contributed by atoms with E-state index in [0.717, 1.165) is 30.9 Å². The maximum absolute atomic E-state index is 11.7. The lowest BCUT2D eigenvalue weighted by Crippen LogP contribution is -2.19. The molecule has 1 aliphatic heterocycles. The van der Waals surface area contributed by atoms with E-state index in [-0.39, 0.29) is 18.1 Å². The van der Waals surface area contributed by atoms with Crippen LogP contribution in [0.5, 0.6) is 5.75 Å². The summed E-state index contributed by atoms with van der Waals surface area (Å²) >= 11 is 0. The van der Waals surface area contributed by atoms with Crippen molar-refractivity contribution in [2.24, 2.45) is 5.73 Å². The summed E-state index contributed by atoms with van der Waals surface area (Å²) in [6.45, 7) is 3.31. The first-order valence-electron chi connectivity index (χ1n) is 7.53. The van der Waals surface area contributed by atoms with Gasteiger partial charge in [0.25, 0.3) is 0 Å². The lowest BCUT2D eigenvalue weighted by Gasteiger charge is -2.12. The third-order valence-corrected chi connectivity index (χ3v) is 3.42. The molecule has 1 fully saturated rings. The van der Waals surface area contributed by atoms with Crippen molar-refractivity contribution in [2.75, 3.05) is 18.5 Å². The van der Waals surface area contributed by atoms with Crippen LogP contribution in [0.2, 0.25) is 0 Å². The van der Waals surface area contributed by atoms with Crippen LogP contribution in [0, 0.1) is 0 Å². The number of rotatable bonds is 7. The molecular formula is C16H24N2O3. The zero-order chi connectivity index (χ0) is 15.1. The number of hydrogen-bond acceptors (Lipinski definition) is 4. The van der Waals surface area contributed by atoms with Gasteiger partial charge in [0.1, 0.15) is 12.4 Å². The summed E-state index contributed by atoms with van der Waals surface area (Å²) in [5, 5.41) is 2.85. The Morgan fingerprint density at radius 3 is 2.86 bits per heavy atom. The molecule has 0 saturated carbocycles. The predicted molar refractivity (Wildman–Crippen MR) is 82.4 cm³/mol. The molecule has 5 heteroatoms. The Kier molecular flexibility index (Phi) is 6.02. The molecule has 1 aliphatic rings. The van der Waals surface area contributed by atoms with E-state index < -0.39 is 0 Å². The van der Waals surface area contributed by atoms with Crippen molar-refractivity contribution in [3.63, 3.8) is 0 Å².